The molecule has 0 aliphatic carbocycles. The Morgan fingerprint density at radius 1 is 1.15 bits per heavy atom. The predicted molar refractivity (Wildman–Crippen MR) is 137 cm³/mol. The number of methoxy groups -OCH3 is 1. The van der Waals surface area contributed by atoms with E-state index in [-0.39, 0.29) is 18.6 Å². The van der Waals surface area contributed by atoms with Gasteiger partial charge >= 0.3 is 0 Å². The van der Waals surface area contributed by atoms with Crippen molar-refractivity contribution in [3.05, 3.63) is 77.9 Å². The number of nitrogens with zero attached hydrogens (tertiary/aromatic N) is 4. The Bertz CT molecular complexity index is 1030. The maximum Gasteiger partial charge on any atom is 0.246 e. The summed E-state index contributed by atoms with van der Waals surface area (Å²) in [6, 6.07) is 19.0. The van der Waals surface area contributed by atoms with Crippen molar-refractivity contribution in [3.63, 3.8) is 0 Å². The molecule has 8 heteroatoms. The molecule has 1 amide bonds. The third-order valence-corrected chi connectivity index (χ3v) is 6.76. The number of carbonyl (C=O) groups excluding carboxylic acids is 1. The molecule has 1 N–H and O–H groups in total. The standard InChI is InChI=1S/C26H34N5O2P/c1-33-18-26(32)28-24(21-5-3-2-4-6-21)13-16-30-14-11-22(12-15-30)31-19-27-25(29-31)17-20-7-9-23(34)10-8-20/h2-10,19,22,24H,11-18,34H2,1H3,(H,28,32)/t24-/m0/s1. The van der Waals surface area contributed by atoms with Crippen molar-refractivity contribution >= 4 is 20.5 Å². The van der Waals surface area contributed by atoms with E-state index in [1.165, 1.54) is 10.9 Å². The third kappa shape index (κ3) is 6.95. The Balaban J connectivity index is 1.27. The van der Waals surface area contributed by atoms with Crippen LogP contribution in [0.1, 0.15) is 48.3 Å². The highest BCUT2D eigenvalue weighted by Crippen LogP contribution is 2.24. The average Bonchev–Trinajstić information content (AvgIpc) is 3.33. The number of likely N-dealkylation sites (tertiary alicyclic amines) is 1. The summed E-state index contributed by atoms with van der Waals surface area (Å²) in [7, 11) is 4.25. The van der Waals surface area contributed by atoms with Crippen molar-refractivity contribution in [3.8, 4) is 0 Å². The van der Waals surface area contributed by atoms with Gasteiger partial charge in [0.05, 0.1) is 12.1 Å². The third-order valence-electron chi connectivity index (χ3n) is 6.38. The van der Waals surface area contributed by atoms with Crippen LogP contribution in [0.5, 0.6) is 0 Å². The summed E-state index contributed by atoms with van der Waals surface area (Å²) in [4.78, 5) is 19.2. The lowest BCUT2D eigenvalue weighted by molar-refractivity contribution is -0.125. The first kappa shape index (κ1) is 24.5. The van der Waals surface area contributed by atoms with Gasteiger partial charge in [-0.15, -0.1) is 9.24 Å². The van der Waals surface area contributed by atoms with E-state index in [1.54, 1.807) is 7.11 Å². The lowest BCUT2D eigenvalue weighted by Gasteiger charge is -2.33. The van der Waals surface area contributed by atoms with Gasteiger partial charge in [0.2, 0.25) is 5.91 Å². The van der Waals surface area contributed by atoms with Crippen molar-refractivity contribution in [1.29, 1.82) is 0 Å². The summed E-state index contributed by atoms with van der Waals surface area (Å²) in [5.74, 6) is 0.790. The second kappa shape index (κ2) is 12.2. The Morgan fingerprint density at radius 3 is 2.59 bits per heavy atom. The van der Waals surface area contributed by atoms with Gasteiger partial charge in [0.25, 0.3) is 0 Å². The number of ether oxygens (including phenoxy) is 1. The van der Waals surface area contributed by atoms with Gasteiger partial charge in [-0.05, 0) is 35.7 Å². The van der Waals surface area contributed by atoms with Crippen molar-refractivity contribution in [2.24, 2.45) is 0 Å². The molecule has 7 nitrogen and oxygen atoms in total. The molecular weight excluding hydrogens is 445 g/mol. The van der Waals surface area contributed by atoms with E-state index in [4.69, 9.17) is 9.84 Å². The largest absolute Gasteiger partial charge is 0.375 e. The van der Waals surface area contributed by atoms with Crippen molar-refractivity contribution in [2.45, 2.75) is 37.8 Å². The fourth-order valence-electron chi connectivity index (χ4n) is 4.48. The smallest absolute Gasteiger partial charge is 0.246 e. The molecule has 0 saturated carbocycles. The highest BCUT2D eigenvalue weighted by Gasteiger charge is 2.23. The van der Waals surface area contributed by atoms with E-state index in [0.29, 0.717) is 6.04 Å². The van der Waals surface area contributed by atoms with Crippen LogP contribution in [0.2, 0.25) is 0 Å². The normalized spacial score (nSPS) is 15.8. The maximum absolute atomic E-state index is 12.1. The van der Waals surface area contributed by atoms with E-state index >= 15 is 0 Å². The van der Waals surface area contributed by atoms with Crippen molar-refractivity contribution in [2.75, 3.05) is 33.4 Å². The van der Waals surface area contributed by atoms with Gasteiger partial charge in [-0.3, -0.25) is 4.79 Å². The fraction of sp³-hybridized carbons (Fsp3) is 0.423. The summed E-state index contributed by atoms with van der Waals surface area (Å²) in [5, 5.41) is 9.07. The number of nitrogens with one attached hydrogen (secondary N) is 1. The Kier molecular flexibility index (Phi) is 8.80. The molecule has 2 atom stereocenters. The molecule has 2 heterocycles. The molecule has 0 spiro atoms. The van der Waals surface area contributed by atoms with Crippen molar-refractivity contribution < 1.29 is 9.53 Å². The van der Waals surface area contributed by atoms with Gasteiger partial charge < -0.3 is 15.0 Å². The van der Waals surface area contributed by atoms with Gasteiger partial charge in [-0.2, -0.15) is 5.10 Å². The summed E-state index contributed by atoms with van der Waals surface area (Å²) < 4.78 is 7.04. The number of aromatic nitrogens is 3. The number of rotatable bonds is 10. The number of amides is 1. The van der Waals surface area contributed by atoms with Crippen LogP contribution in [0.15, 0.2) is 60.9 Å². The lowest BCUT2D eigenvalue weighted by Crippen LogP contribution is -2.38. The van der Waals surface area contributed by atoms with E-state index in [9.17, 15) is 4.79 Å². The molecule has 1 aromatic heterocycles. The van der Waals surface area contributed by atoms with E-state index in [0.717, 1.165) is 56.7 Å². The van der Waals surface area contributed by atoms with Gasteiger partial charge in [0, 0.05) is 33.2 Å². The minimum Gasteiger partial charge on any atom is -0.375 e. The molecule has 0 radical (unpaired) electrons. The highest BCUT2D eigenvalue weighted by molar-refractivity contribution is 7.27. The Labute approximate surface area is 204 Å². The molecule has 4 rings (SSSR count). The summed E-state index contributed by atoms with van der Waals surface area (Å²) in [5.41, 5.74) is 2.36. The monoisotopic (exact) mass is 479 g/mol. The molecule has 34 heavy (non-hydrogen) atoms. The molecule has 2 aromatic carbocycles. The zero-order chi connectivity index (χ0) is 23.8. The van der Waals surface area contributed by atoms with Crippen LogP contribution in [0.4, 0.5) is 0 Å². The molecule has 3 aromatic rings. The number of hydrogen-bond acceptors (Lipinski definition) is 5. The molecule has 1 aliphatic heterocycles. The SMILES string of the molecule is COCC(=O)N[C@@H](CCN1CCC(n2cnc(Cc3ccc(P)cc3)n2)CC1)c1ccccc1. The first-order valence-electron chi connectivity index (χ1n) is 11.9. The molecule has 1 aliphatic rings. The van der Waals surface area contributed by atoms with Crippen LogP contribution in [-0.4, -0.2) is 58.9 Å². The van der Waals surface area contributed by atoms with E-state index in [2.05, 4.69) is 65.5 Å². The van der Waals surface area contributed by atoms with Crippen LogP contribution in [0.3, 0.4) is 0 Å². The van der Waals surface area contributed by atoms with Gasteiger partial charge in [0.1, 0.15) is 12.9 Å². The first-order chi connectivity index (χ1) is 16.6. The highest BCUT2D eigenvalue weighted by atomic mass is 31.0. The lowest BCUT2D eigenvalue weighted by atomic mass is 10.0. The second-order valence-corrected chi connectivity index (χ2v) is 9.55. The van der Waals surface area contributed by atoms with Gasteiger partial charge in [0.15, 0.2) is 5.82 Å². The molecule has 1 saturated heterocycles. The predicted octanol–water partition coefficient (Wildman–Crippen LogP) is 2.90. The minimum atomic E-state index is -0.0819. The van der Waals surface area contributed by atoms with Crippen LogP contribution in [0.25, 0.3) is 0 Å². The van der Waals surface area contributed by atoms with E-state index in [1.807, 2.05) is 24.5 Å². The number of piperidine rings is 1. The number of carbonyl (C=O) groups is 1. The molecule has 1 unspecified atom stereocenters. The van der Waals surface area contributed by atoms with Crippen LogP contribution in [-0.2, 0) is 16.0 Å². The van der Waals surface area contributed by atoms with Crippen LogP contribution in [0, 0.1) is 0 Å². The summed E-state index contributed by atoms with van der Waals surface area (Å²) in [6.07, 6.45) is 5.61. The topological polar surface area (TPSA) is 72.3 Å². The summed E-state index contributed by atoms with van der Waals surface area (Å²) in [6.45, 7) is 3.05. The molecule has 180 valence electrons. The number of hydrogen-bond donors (Lipinski definition) is 1. The van der Waals surface area contributed by atoms with Gasteiger partial charge in [-0.1, -0.05) is 54.6 Å². The van der Waals surface area contributed by atoms with Crippen LogP contribution < -0.4 is 10.6 Å². The van der Waals surface area contributed by atoms with E-state index < -0.39 is 0 Å². The second-order valence-electron chi connectivity index (χ2n) is 8.88. The average molecular weight is 480 g/mol. The van der Waals surface area contributed by atoms with Crippen LogP contribution >= 0.6 is 9.24 Å². The number of benzene rings is 2. The van der Waals surface area contributed by atoms with Crippen molar-refractivity contribution in [1.82, 2.24) is 25.0 Å². The Hall–Kier alpha value is -2.60. The molecular formula is C26H34N5O2P. The quantitative estimate of drug-likeness (QED) is 0.453. The maximum atomic E-state index is 12.1. The van der Waals surface area contributed by atoms with Gasteiger partial charge in [-0.25, -0.2) is 9.67 Å². The Morgan fingerprint density at radius 2 is 1.88 bits per heavy atom. The minimum absolute atomic E-state index is 0.0141. The zero-order valence-electron chi connectivity index (χ0n) is 19.8. The zero-order valence-corrected chi connectivity index (χ0v) is 20.9. The first-order valence-corrected chi connectivity index (χ1v) is 12.5. The summed E-state index contributed by atoms with van der Waals surface area (Å²) >= 11 is 0. The fourth-order valence-corrected chi connectivity index (χ4v) is 4.67. The molecule has 1 fully saturated rings. The molecule has 0 bridgehead atoms.